The Hall–Kier alpha value is -2.92. The van der Waals surface area contributed by atoms with Crippen molar-refractivity contribution in [1.82, 2.24) is 45.9 Å². The number of aromatic amines is 2. The Balaban J connectivity index is 1.63. The van der Waals surface area contributed by atoms with Crippen LogP contribution >= 0.6 is 11.9 Å². The van der Waals surface area contributed by atoms with Gasteiger partial charge in [-0.15, -0.1) is 10.2 Å². The van der Waals surface area contributed by atoms with Crippen LogP contribution in [0.25, 0.3) is 33.5 Å². The summed E-state index contributed by atoms with van der Waals surface area (Å²) >= 11 is 1.19. The number of fused-ring (bicyclic) bond motifs is 1. The van der Waals surface area contributed by atoms with Gasteiger partial charge in [-0.1, -0.05) is 18.2 Å². The van der Waals surface area contributed by atoms with Crippen molar-refractivity contribution in [1.29, 1.82) is 0 Å². The lowest BCUT2D eigenvalue weighted by Crippen LogP contribution is -2.51. The molecule has 0 unspecified atom stereocenters. The second-order valence-electron chi connectivity index (χ2n) is 7.99. The fourth-order valence-electron chi connectivity index (χ4n) is 4.12. The Morgan fingerprint density at radius 1 is 1.17 bits per heavy atom. The zero-order valence-electron chi connectivity index (χ0n) is 18.6. The summed E-state index contributed by atoms with van der Waals surface area (Å²) in [5.74, 6) is 0.721. The van der Waals surface area contributed by atoms with E-state index < -0.39 is 10.0 Å². The number of imidazole rings is 1. The minimum absolute atomic E-state index is 0.0878. The summed E-state index contributed by atoms with van der Waals surface area (Å²) < 4.78 is 29.1. The van der Waals surface area contributed by atoms with Crippen molar-refractivity contribution < 1.29 is 8.42 Å². The maximum atomic E-state index is 12.9. The summed E-state index contributed by atoms with van der Waals surface area (Å²) in [5.41, 5.74) is 8.67. The second kappa shape index (κ2) is 9.98. The van der Waals surface area contributed by atoms with Crippen LogP contribution in [0, 0.1) is 0 Å². The van der Waals surface area contributed by atoms with Gasteiger partial charge in [-0.3, -0.25) is 4.72 Å². The Morgan fingerprint density at radius 2 is 2.06 bits per heavy atom. The number of para-hydroxylation sites is 1. The number of nitrogens with two attached hydrogens (primary N) is 2. The highest BCUT2D eigenvalue weighted by atomic mass is 32.2. The maximum Gasteiger partial charge on any atom is 0.239 e. The molecule has 0 saturated carbocycles. The molecule has 4 aromatic rings. The van der Waals surface area contributed by atoms with Gasteiger partial charge in [-0.05, 0) is 34.9 Å². The highest BCUT2D eigenvalue weighted by molar-refractivity contribution is 7.98. The predicted octanol–water partition coefficient (Wildman–Crippen LogP) is -0.326. The first-order valence-corrected chi connectivity index (χ1v) is 13.3. The van der Waals surface area contributed by atoms with E-state index in [2.05, 4.69) is 45.9 Å². The van der Waals surface area contributed by atoms with Crippen LogP contribution in [-0.2, 0) is 16.6 Å². The summed E-state index contributed by atoms with van der Waals surface area (Å²) in [4.78, 5) is 8.10. The zero-order chi connectivity index (χ0) is 24.4. The van der Waals surface area contributed by atoms with Gasteiger partial charge in [0.15, 0.2) is 0 Å². The van der Waals surface area contributed by atoms with Crippen LogP contribution in [-0.4, -0.2) is 71.2 Å². The first kappa shape index (κ1) is 23.8. The molecule has 9 N–H and O–H groups in total. The average molecular weight is 516 g/mol. The monoisotopic (exact) mass is 515 g/mol. The van der Waals surface area contributed by atoms with Gasteiger partial charge < -0.3 is 21.4 Å². The van der Waals surface area contributed by atoms with Gasteiger partial charge in [0.1, 0.15) is 10.7 Å². The molecule has 1 aliphatic heterocycles. The molecule has 1 atom stereocenters. The molecule has 5 rings (SSSR count). The largest absolute Gasteiger partial charge is 0.341 e. The Labute approximate surface area is 205 Å². The van der Waals surface area contributed by atoms with E-state index in [-0.39, 0.29) is 28.9 Å². The number of aromatic nitrogens is 6. The number of benzene rings is 2. The molecule has 0 amide bonds. The number of tetrazole rings is 1. The summed E-state index contributed by atoms with van der Waals surface area (Å²) in [6.07, 6.45) is 0. The van der Waals surface area contributed by atoms with Crippen LogP contribution in [0.15, 0.2) is 40.1 Å². The molecular weight excluding hydrogens is 490 g/mol. The highest BCUT2D eigenvalue weighted by Gasteiger charge is 2.28. The number of H-pyrrole nitrogens is 2. The Bertz CT molecular complexity index is 1430. The third kappa shape index (κ3) is 4.92. The van der Waals surface area contributed by atoms with Gasteiger partial charge in [0.2, 0.25) is 15.8 Å². The lowest BCUT2D eigenvalue weighted by atomic mass is 9.98. The molecule has 1 saturated heterocycles. The lowest BCUT2D eigenvalue weighted by molar-refractivity contribution is 0.419. The smallest absolute Gasteiger partial charge is 0.239 e. The van der Waals surface area contributed by atoms with E-state index in [1.807, 2.05) is 24.3 Å². The van der Waals surface area contributed by atoms with Crippen LogP contribution in [0.1, 0.15) is 5.82 Å². The van der Waals surface area contributed by atoms with Crippen LogP contribution in [0.3, 0.4) is 0 Å². The van der Waals surface area contributed by atoms with Gasteiger partial charge in [0.05, 0.1) is 23.1 Å². The summed E-state index contributed by atoms with van der Waals surface area (Å²) in [6, 6.07) is 9.33. The fraction of sp³-hybridized carbons (Fsp3) is 0.300. The van der Waals surface area contributed by atoms with Gasteiger partial charge in [-0.25, -0.2) is 18.5 Å². The zero-order valence-corrected chi connectivity index (χ0v) is 20.2. The third-order valence-electron chi connectivity index (χ3n) is 5.66. The number of piperazine rings is 1. The number of sulfonamides is 1. The van der Waals surface area contributed by atoms with Crippen LogP contribution in [0.4, 0.5) is 0 Å². The minimum atomic E-state index is -4.19. The van der Waals surface area contributed by atoms with E-state index in [9.17, 15) is 8.42 Å². The van der Waals surface area contributed by atoms with Crippen LogP contribution in [0.2, 0.25) is 0 Å². The van der Waals surface area contributed by atoms with E-state index in [0.29, 0.717) is 33.9 Å². The SMILES string of the molecule is NCc1nc2c(-c3ccc(SNC[C@@H]4CNCCN4)c(S(N)(=O)=O)c3-c3nn[nH]n3)cccc2[nH]1. The molecule has 13 nitrogen and oxygen atoms in total. The van der Waals surface area contributed by atoms with Crippen molar-refractivity contribution in [3.8, 4) is 22.5 Å². The maximum absolute atomic E-state index is 12.9. The number of rotatable bonds is 8. The van der Waals surface area contributed by atoms with Crippen molar-refractivity contribution in [2.45, 2.75) is 22.4 Å². The molecule has 0 spiro atoms. The molecule has 184 valence electrons. The number of nitrogens with one attached hydrogen (secondary N) is 5. The van der Waals surface area contributed by atoms with Crippen molar-refractivity contribution in [3.63, 3.8) is 0 Å². The van der Waals surface area contributed by atoms with Crippen LogP contribution in [0.5, 0.6) is 0 Å². The van der Waals surface area contributed by atoms with Crippen molar-refractivity contribution in [3.05, 3.63) is 36.2 Å². The minimum Gasteiger partial charge on any atom is -0.341 e. The molecule has 35 heavy (non-hydrogen) atoms. The Morgan fingerprint density at radius 3 is 2.77 bits per heavy atom. The fourth-order valence-corrected chi connectivity index (χ4v) is 6.19. The van der Waals surface area contributed by atoms with Crippen LogP contribution < -0.4 is 26.2 Å². The predicted molar refractivity (Wildman–Crippen MR) is 132 cm³/mol. The van der Waals surface area contributed by atoms with Gasteiger partial charge in [0, 0.05) is 42.7 Å². The molecular formula is C20H25N11O2S2. The van der Waals surface area contributed by atoms with E-state index in [1.165, 1.54) is 11.9 Å². The summed E-state index contributed by atoms with van der Waals surface area (Å²) in [7, 11) is -4.19. The van der Waals surface area contributed by atoms with E-state index in [0.717, 1.165) is 25.2 Å². The number of hydrogen-bond acceptors (Lipinski definition) is 11. The molecule has 1 fully saturated rings. The summed E-state index contributed by atoms with van der Waals surface area (Å²) in [6.45, 7) is 3.47. The average Bonchev–Trinajstić information content (AvgIpc) is 3.53. The normalized spacial score (nSPS) is 16.7. The van der Waals surface area contributed by atoms with E-state index in [4.69, 9.17) is 10.9 Å². The lowest BCUT2D eigenvalue weighted by Gasteiger charge is -2.24. The first-order valence-electron chi connectivity index (χ1n) is 10.9. The third-order valence-corrected chi connectivity index (χ3v) is 7.65. The molecule has 1 aliphatic rings. The molecule has 2 aromatic heterocycles. The number of primary sulfonamides is 1. The van der Waals surface area contributed by atoms with Crippen molar-refractivity contribution in [2.75, 3.05) is 26.2 Å². The number of hydrogen-bond donors (Lipinski definition) is 7. The number of nitrogens with zero attached hydrogens (tertiary/aromatic N) is 4. The highest BCUT2D eigenvalue weighted by Crippen LogP contribution is 2.41. The molecule has 0 radical (unpaired) electrons. The second-order valence-corrected chi connectivity index (χ2v) is 10.4. The van der Waals surface area contributed by atoms with E-state index >= 15 is 0 Å². The van der Waals surface area contributed by atoms with Crippen molar-refractivity contribution in [2.24, 2.45) is 10.9 Å². The topological polar surface area (TPSA) is 205 Å². The van der Waals surface area contributed by atoms with Gasteiger partial charge >= 0.3 is 0 Å². The molecule has 0 bridgehead atoms. The quantitative estimate of drug-likeness (QED) is 0.151. The van der Waals surface area contributed by atoms with Gasteiger partial charge in [-0.2, -0.15) is 5.21 Å². The van der Waals surface area contributed by atoms with Crippen molar-refractivity contribution >= 4 is 33.0 Å². The van der Waals surface area contributed by atoms with E-state index in [1.54, 1.807) is 6.07 Å². The molecule has 0 aliphatic carbocycles. The summed E-state index contributed by atoms with van der Waals surface area (Å²) in [5, 5.41) is 26.7. The molecule has 3 heterocycles. The van der Waals surface area contributed by atoms with Gasteiger partial charge in [0.25, 0.3) is 0 Å². The molecule has 15 heteroatoms. The molecule has 2 aromatic carbocycles. The first-order chi connectivity index (χ1) is 17.0. The standard InChI is InChI=1S/C20H25N11O2S2/c21-8-16-26-14-3-1-2-13(18(14)27-16)12-4-5-15(34-25-10-11-9-23-6-7-24-11)19(35(22,32)33)17(12)20-28-30-31-29-20/h1-5,11,23-25H,6-10,21H2,(H,26,27)(H2,22,32,33)(H,28,29,30,31)/t11-/m0/s1. The Kier molecular flexibility index (Phi) is 6.79.